The lowest BCUT2D eigenvalue weighted by Crippen LogP contribution is -2.14. The normalized spacial score (nSPS) is 18.7. The summed E-state index contributed by atoms with van der Waals surface area (Å²) < 4.78 is 27.7. The number of fused-ring (bicyclic) bond motifs is 1. The van der Waals surface area contributed by atoms with Crippen LogP contribution in [0.4, 0.5) is 0 Å². The highest BCUT2D eigenvalue weighted by atomic mass is 32.2. The molecule has 1 aliphatic rings. The van der Waals surface area contributed by atoms with Crippen LogP contribution in [0.2, 0.25) is 0 Å². The highest BCUT2D eigenvalue weighted by molar-refractivity contribution is 7.90. The number of hydrogen-bond acceptors (Lipinski definition) is 4. The van der Waals surface area contributed by atoms with Gasteiger partial charge in [0.05, 0.1) is 5.75 Å². The molecule has 0 heterocycles. The first-order valence-electron chi connectivity index (χ1n) is 6.11. The molecule has 0 aliphatic heterocycles. The Balaban J connectivity index is 2.09. The van der Waals surface area contributed by atoms with Gasteiger partial charge in [-0.3, -0.25) is 0 Å². The molecule has 0 aromatic heterocycles. The fourth-order valence-electron chi connectivity index (χ4n) is 2.36. The highest BCUT2D eigenvalue weighted by Crippen LogP contribution is 2.36. The molecule has 0 fully saturated rings. The smallest absolute Gasteiger partial charge is 0.150 e. The number of nitrogens with one attached hydrogen (secondary N) is 1. The molecule has 4 nitrogen and oxygen atoms in total. The first-order valence-corrected chi connectivity index (χ1v) is 8.17. The molecule has 0 saturated carbocycles. The first kappa shape index (κ1) is 13.4. The quantitative estimate of drug-likeness (QED) is 0.876. The van der Waals surface area contributed by atoms with Crippen molar-refractivity contribution in [1.82, 2.24) is 5.32 Å². The van der Waals surface area contributed by atoms with Gasteiger partial charge < -0.3 is 10.1 Å². The van der Waals surface area contributed by atoms with E-state index in [1.165, 1.54) is 17.4 Å². The van der Waals surface area contributed by atoms with Crippen molar-refractivity contribution < 1.29 is 13.2 Å². The summed E-state index contributed by atoms with van der Waals surface area (Å²) in [6.45, 7) is 0.222. The van der Waals surface area contributed by atoms with Gasteiger partial charge in [-0.05, 0) is 37.1 Å². The third-order valence-electron chi connectivity index (χ3n) is 3.29. The summed E-state index contributed by atoms with van der Waals surface area (Å²) in [7, 11) is -1.01. The van der Waals surface area contributed by atoms with Gasteiger partial charge in [0.25, 0.3) is 0 Å². The average molecular weight is 269 g/mol. The summed E-state index contributed by atoms with van der Waals surface area (Å²) in [5.74, 6) is 0.889. The van der Waals surface area contributed by atoms with Crippen molar-refractivity contribution in [2.75, 3.05) is 25.7 Å². The minimum absolute atomic E-state index is 0.0616. The van der Waals surface area contributed by atoms with Crippen molar-refractivity contribution in [3.8, 4) is 5.75 Å². The molecule has 5 heteroatoms. The lowest BCUT2D eigenvalue weighted by molar-refractivity contribution is 0.338. The Bertz CT molecular complexity index is 525. The predicted molar refractivity (Wildman–Crippen MR) is 71.8 cm³/mol. The van der Waals surface area contributed by atoms with E-state index in [-0.39, 0.29) is 12.4 Å². The molecular formula is C13H19NO3S. The maximum Gasteiger partial charge on any atom is 0.150 e. The summed E-state index contributed by atoms with van der Waals surface area (Å²) in [5.41, 5.74) is 2.49. The van der Waals surface area contributed by atoms with E-state index in [4.69, 9.17) is 4.74 Å². The van der Waals surface area contributed by atoms with Crippen LogP contribution >= 0.6 is 0 Å². The van der Waals surface area contributed by atoms with Crippen LogP contribution in [0, 0.1) is 0 Å². The molecule has 0 radical (unpaired) electrons. The van der Waals surface area contributed by atoms with Crippen LogP contribution in [0.1, 0.15) is 23.6 Å². The van der Waals surface area contributed by atoms with E-state index in [1.807, 2.05) is 19.2 Å². The molecule has 1 N–H and O–H groups in total. The monoisotopic (exact) mass is 269 g/mol. The second kappa shape index (κ2) is 5.28. The van der Waals surface area contributed by atoms with Crippen LogP contribution in [0.15, 0.2) is 18.2 Å². The lowest BCUT2D eigenvalue weighted by atomic mass is 10.1. The Kier molecular flexibility index (Phi) is 3.92. The van der Waals surface area contributed by atoms with Crippen molar-refractivity contribution in [2.45, 2.75) is 18.9 Å². The third-order valence-corrected chi connectivity index (χ3v) is 4.20. The van der Waals surface area contributed by atoms with E-state index in [0.29, 0.717) is 6.04 Å². The van der Waals surface area contributed by atoms with E-state index in [2.05, 4.69) is 11.4 Å². The number of benzene rings is 1. The molecule has 1 atom stereocenters. The molecule has 2 rings (SSSR count). The molecule has 0 saturated heterocycles. The molecule has 0 spiro atoms. The van der Waals surface area contributed by atoms with Crippen LogP contribution in [0.3, 0.4) is 0 Å². The van der Waals surface area contributed by atoms with E-state index in [1.54, 1.807) is 0 Å². The fraction of sp³-hybridized carbons (Fsp3) is 0.538. The van der Waals surface area contributed by atoms with Crippen molar-refractivity contribution in [3.63, 3.8) is 0 Å². The summed E-state index contributed by atoms with van der Waals surface area (Å²) in [4.78, 5) is 0. The van der Waals surface area contributed by atoms with Crippen LogP contribution in [0.25, 0.3) is 0 Å². The van der Waals surface area contributed by atoms with Gasteiger partial charge in [-0.25, -0.2) is 8.42 Å². The molecule has 18 heavy (non-hydrogen) atoms. The second-order valence-electron chi connectivity index (χ2n) is 4.68. The topological polar surface area (TPSA) is 55.4 Å². The summed E-state index contributed by atoms with van der Waals surface area (Å²) in [6, 6.07) is 6.37. The molecule has 0 amide bonds. The van der Waals surface area contributed by atoms with Crippen molar-refractivity contribution in [1.29, 1.82) is 0 Å². The Hall–Kier alpha value is -1.07. The third kappa shape index (κ3) is 3.03. The minimum Gasteiger partial charge on any atom is -0.492 e. The van der Waals surface area contributed by atoms with Gasteiger partial charge in [0, 0.05) is 12.3 Å². The van der Waals surface area contributed by atoms with Gasteiger partial charge in [0.15, 0.2) is 9.84 Å². The van der Waals surface area contributed by atoms with E-state index < -0.39 is 9.84 Å². The van der Waals surface area contributed by atoms with Crippen molar-refractivity contribution >= 4 is 9.84 Å². The Morgan fingerprint density at radius 3 is 2.89 bits per heavy atom. The first-order chi connectivity index (χ1) is 8.51. The zero-order valence-electron chi connectivity index (χ0n) is 10.8. The molecule has 0 bridgehead atoms. The average Bonchev–Trinajstić information content (AvgIpc) is 2.71. The van der Waals surface area contributed by atoms with Crippen LogP contribution in [0.5, 0.6) is 5.75 Å². The van der Waals surface area contributed by atoms with Gasteiger partial charge in [-0.2, -0.15) is 0 Å². The molecular weight excluding hydrogens is 250 g/mol. The van der Waals surface area contributed by atoms with E-state index >= 15 is 0 Å². The molecule has 1 aliphatic carbocycles. The van der Waals surface area contributed by atoms with Gasteiger partial charge in [0.2, 0.25) is 0 Å². The predicted octanol–water partition coefficient (Wildman–Crippen LogP) is 1.32. The number of rotatable bonds is 5. The van der Waals surface area contributed by atoms with Crippen molar-refractivity contribution in [2.24, 2.45) is 0 Å². The summed E-state index contributed by atoms with van der Waals surface area (Å²) in [6.07, 6.45) is 3.27. The van der Waals surface area contributed by atoms with Crippen LogP contribution in [-0.4, -0.2) is 34.1 Å². The lowest BCUT2D eigenvalue weighted by Gasteiger charge is -2.12. The Labute approximate surface area is 108 Å². The molecule has 1 aromatic rings. The molecule has 100 valence electrons. The van der Waals surface area contributed by atoms with Gasteiger partial charge in [-0.1, -0.05) is 12.1 Å². The molecule has 1 aromatic carbocycles. The number of hydrogen-bond donors (Lipinski definition) is 1. The van der Waals surface area contributed by atoms with Gasteiger partial charge >= 0.3 is 0 Å². The maximum atomic E-state index is 11.1. The maximum absolute atomic E-state index is 11.1. The fourth-order valence-corrected chi connectivity index (χ4v) is 2.74. The van der Waals surface area contributed by atoms with E-state index in [9.17, 15) is 8.42 Å². The van der Waals surface area contributed by atoms with Crippen LogP contribution < -0.4 is 10.1 Å². The van der Waals surface area contributed by atoms with Gasteiger partial charge in [0.1, 0.15) is 12.4 Å². The minimum atomic E-state index is -2.96. The van der Waals surface area contributed by atoms with E-state index in [0.717, 1.165) is 18.6 Å². The standard InChI is InChI=1S/C13H19NO3S/c1-14-12-7-6-11-10(12)4-3-5-13(11)17-8-9-18(2,15)16/h3-5,12,14H,6-9H2,1-2H3. The number of sulfone groups is 1. The molecule has 1 unspecified atom stereocenters. The summed E-state index contributed by atoms with van der Waals surface area (Å²) in [5, 5.41) is 3.28. The largest absolute Gasteiger partial charge is 0.492 e. The SMILES string of the molecule is CNC1CCc2c(OCCS(C)(=O)=O)cccc21. The highest BCUT2D eigenvalue weighted by Gasteiger charge is 2.23. The number of ether oxygens (including phenoxy) is 1. The van der Waals surface area contributed by atoms with Gasteiger partial charge in [-0.15, -0.1) is 0 Å². The zero-order chi connectivity index (χ0) is 13.2. The zero-order valence-corrected chi connectivity index (χ0v) is 11.6. The van der Waals surface area contributed by atoms with Crippen molar-refractivity contribution in [3.05, 3.63) is 29.3 Å². The Morgan fingerprint density at radius 1 is 1.44 bits per heavy atom. The summed E-state index contributed by atoms with van der Waals surface area (Å²) >= 11 is 0. The Morgan fingerprint density at radius 2 is 2.22 bits per heavy atom. The second-order valence-corrected chi connectivity index (χ2v) is 6.94. The van der Waals surface area contributed by atoms with Crippen LogP contribution in [-0.2, 0) is 16.3 Å².